The van der Waals surface area contributed by atoms with Gasteiger partial charge in [0.25, 0.3) is 0 Å². The number of hydrogen-bond acceptors (Lipinski definition) is 6. The summed E-state index contributed by atoms with van der Waals surface area (Å²) in [5.41, 5.74) is 6.59. The lowest BCUT2D eigenvalue weighted by Gasteiger charge is -2.04. The van der Waals surface area contributed by atoms with Crippen LogP contribution in [0.25, 0.3) is 21.7 Å². The van der Waals surface area contributed by atoms with Gasteiger partial charge in [0.1, 0.15) is 0 Å². The maximum Gasteiger partial charge on any atom is 0.204 e. The SMILES string of the molecule is COc1cccc(C=NNc2nc(-c3ccccc3)c(-c3ccccc3)s2)c1O. The Morgan fingerprint density at radius 1 is 0.931 bits per heavy atom. The van der Waals surface area contributed by atoms with Gasteiger partial charge < -0.3 is 9.84 Å². The van der Waals surface area contributed by atoms with Crippen molar-refractivity contribution in [3.8, 4) is 33.2 Å². The van der Waals surface area contributed by atoms with Crippen molar-refractivity contribution in [1.82, 2.24) is 4.98 Å². The molecule has 0 aliphatic heterocycles. The fraction of sp³-hybridized carbons (Fsp3) is 0.0435. The average Bonchev–Trinajstić information content (AvgIpc) is 3.20. The van der Waals surface area contributed by atoms with Crippen molar-refractivity contribution < 1.29 is 9.84 Å². The van der Waals surface area contributed by atoms with Crippen molar-refractivity contribution in [3.63, 3.8) is 0 Å². The minimum atomic E-state index is 0.0506. The summed E-state index contributed by atoms with van der Waals surface area (Å²) in [7, 11) is 1.51. The first kappa shape index (κ1) is 18.7. The van der Waals surface area contributed by atoms with E-state index in [0.29, 0.717) is 16.4 Å². The molecule has 0 unspecified atom stereocenters. The van der Waals surface area contributed by atoms with Gasteiger partial charge in [0.05, 0.1) is 23.9 Å². The predicted molar refractivity (Wildman–Crippen MR) is 119 cm³/mol. The molecule has 0 spiro atoms. The first-order chi connectivity index (χ1) is 14.3. The number of ether oxygens (including phenoxy) is 1. The molecule has 1 heterocycles. The van der Waals surface area contributed by atoms with Crippen molar-refractivity contribution in [1.29, 1.82) is 0 Å². The molecular weight excluding hydrogens is 382 g/mol. The van der Waals surface area contributed by atoms with E-state index in [1.807, 2.05) is 48.5 Å². The number of benzene rings is 3. The number of hydrogen-bond donors (Lipinski definition) is 2. The monoisotopic (exact) mass is 401 g/mol. The van der Waals surface area contributed by atoms with Gasteiger partial charge in [-0.05, 0) is 17.7 Å². The molecule has 0 radical (unpaired) electrons. The maximum absolute atomic E-state index is 10.2. The summed E-state index contributed by atoms with van der Waals surface area (Å²) in [6, 6.07) is 25.5. The molecule has 0 atom stereocenters. The van der Waals surface area contributed by atoms with Gasteiger partial charge in [0, 0.05) is 11.1 Å². The van der Waals surface area contributed by atoms with Crippen LogP contribution in [0.1, 0.15) is 5.56 Å². The highest BCUT2D eigenvalue weighted by atomic mass is 32.1. The van der Waals surface area contributed by atoms with Crippen LogP contribution >= 0.6 is 11.3 Å². The lowest BCUT2D eigenvalue weighted by Crippen LogP contribution is -1.92. The number of phenolic OH excluding ortho intramolecular Hbond substituents is 1. The Balaban J connectivity index is 1.64. The number of nitrogens with zero attached hydrogens (tertiary/aromatic N) is 2. The molecule has 5 nitrogen and oxygen atoms in total. The number of thiazole rings is 1. The highest BCUT2D eigenvalue weighted by molar-refractivity contribution is 7.19. The van der Waals surface area contributed by atoms with Crippen LogP contribution in [0.15, 0.2) is 84.0 Å². The summed E-state index contributed by atoms with van der Waals surface area (Å²) >= 11 is 1.53. The van der Waals surface area contributed by atoms with Crippen molar-refractivity contribution in [2.45, 2.75) is 0 Å². The first-order valence-corrected chi connectivity index (χ1v) is 9.84. The van der Waals surface area contributed by atoms with Crippen LogP contribution in [0.3, 0.4) is 0 Å². The average molecular weight is 401 g/mol. The summed E-state index contributed by atoms with van der Waals surface area (Å²) < 4.78 is 5.12. The molecular formula is C23H19N3O2S. The van der Waals surface area contributed by atoms with E-state index in [2.05, 4.69) is 22.7 Å². The summed E-state index contributed by atoms with van der Waals surface area (Å²) in [4.78, 5) is 5.82. The largest absolute Gasteiger partial charge is 0.504 e. The molecule has 0 saturated carbocycles. The van der Waals surface area contributed by atoms with E-state index in [1.165, 1.54) is 18.4 Å². The number of methoxy groups -OCH3 is 1. The zero-order valence-corrected chi connectivity index (χ0v) is 16.6. The highest BCUT2D eigenvalue weighted by Gasteiger charge is 2.14. The second kappa shape index (κ2) is 8.58. The maximum atomic E-state index is 10.2. The lowest BCUT2D eigenvalue weighted by molar-refractivity contribution is 0.373. The fourth-order valence-corrected chi connectivity index (χ4v) is 3.85. The third-order valence-corrected chi connectivity index (χ3v) is 5.33. The summed E-state index contributed by atoms with van der Waals surface area (Å²) in [5, 5.41) is 15.1. The van der Waals surface area contributed by atoms with Crippen LogP contribution in [0.2, 0.25) is 0 Å². The van der Waals surface area contributed by atoms with Crippen molar-refractivity contribution in [3.05, 3.63) is 84.4 Å². The molecule has 4 aromatic rings. The van der Waals surface area contributed by atoms with Gasteiger partial charge >= 0.3 is 0 Å². The van der Waals surface area contributed by atoms with E-state index in [9.17, 15) is 5.11 Å². The van der Waals surface area contributed by atoms with Crippen LogP contribution in [-0.2, 0) is 0 Å². The van der Waals surface area contributed by atoms with E-state index < -0.39 is 0 Å². The van der Waals surface area contributed by atoms with E-state index in [4.69, 9.17) is 9.72 Å². The third-order valence-electron chi connectivity index (χ3n) is 4.32. The standard InChI is InChI=1S/C23H19N3O2S/c1-28-19-14-8-13-18(21(19)27)15-24-26-23-25-20(16-9-4-2-5-10-16)22(29-23)17-11-6-3-7-12-17/h2-15,27H,1H3,(H,25,26). The van der Waals surface area contributed by atoms with Crippen LogP contribution < -0.4 is 10.2 Å². The normalized spacial score (nSPS) is 10.9. The first-order valence-electron chi connectivity index (χ1n) is 9.03. The molecule has 2 N–H and O–H groups in total. The number of nitrogens with one attached hydrogen (secondary N) is 1. The summed E-state index contributed by atoms with van der Waals surface area (Å²) in [5.74, 6) is 0.454. The number of aromatic nitrogens is 1. The number of rotatable bonds is 6. The van der Waals surface area contributed by atoms with E-state index >= 15 is 0 Å². The Morgan fingerprint density at radius 3 is 2.31 bits per heavy atom. The molecule has 3 aromatic carbocycles. The minimum absolute atomic E-state index is 0.0506. The number of aromatic hydroxyl groups is 1. The quantitative estimate of drug-likeness (QED) is 0.324. The van der Waals surface area contributed by atoms with Gasteiger partial charge in [-0.15, -0.1) is 0 Å². The zero-order chi connectivity index (χ0) is 20.1. The predicted octanol–water partition coefficient (Wildman–Crippen LogP) is 5.64. The molecule has 144 valence electrons. The molecule has 0 saturated heterocycles. The summed E-state index contributed by atoms with van der Waals surface area (Å²) in [6.07, 6.45) is 1.55. The minimum Gasteiger partial charge on any atom is -0.504 e. The lowest BCUT2D eigenvalue weighted by atomic mass is 10.1. The van der Waals surface area contributed by atoms with Crippen molar-refractivity contribution in [2.24, 2.45) is 5.10 Å². The Hall–Kier alpha value is -3.64. The molecule has 0 fully saturated rings. The topological polar surface area (TPSA) is 66.7 Å². The van der Waals surface area contributed by atoms with Crippen LogP contribution in [0.5, 0.6) is 11.5 Å². The van der Waals surface area contributed by atoms with Crippen molar-refractivity contribution in [2.75, 3.05) is 12.5 Å². The molecule has 1 aromatic heterocycles. The fourth-order valence-electron chi connectivity index (χ4n) is 2.91. The van der Waals surface area contributed by atoms with Gasteiger partial charge in [-0.3, -0.25) is 5.43 Å². The van der Waals surface area contributed by atoms with E-state index in [-0.39, 0.29) is 5.75 Å². The molecule has 4 rings (SSSR count). The van der Waals surface area contributed by atoms with Gasteiger partial charge in [0.15, 0.2) is 11.5 Å². The number of anilines is 1. The molecule has 0 amide bonds. The summed E-state index contributed by atoms with van der Waals surface area (Å²) in [6.45, 7) is 0. The third kappa shape index (κ3) is 4.12. The molecule has 29 heavy (non-hydrogen) atoms. The van der Waals surface area contributed by atoms with E-state index in [1.54, 1.807) is 24.4 Å². The highest BCUT2D eigenvalue weighted by Crippen LogP contribution is 2.38. The Kier molecular flexibility index (Phi) is 5.54. The van der Waals surface area contributed by atoms with Crippen LogP contribution in [0, 0.1) is 0 Å². The van der Waals surface area contributed by atoms with Gasteiger partial charge in [-0.1, -0.05) is 78.1 Å². The van der Waals surface area contributed by atoms with E-state index in [0.717, 1.165) is 21.7 Å². The van der Waals surface area contributed by atoms with Gasteiger partial charge in [-0.2, -0.15) is 5.10 Å². The number of para-hydroxylation sites is 1. The Bertz CT molecular complexity index is 1070. The molecule has 0 aliphatic carbocycles. The van der Waals surface area contributed by atoms with Crippen molar-refractivity contribution >= 4 is 22.7 Å². The van der Waals surface area contributed by atoms with Crippen LogP contribution in [-0.4, -0.2) is 23.4 Å². The molecule has 6 heteroatoms. The second-order valence-corrected chi connectivity index (χ2v) is 7.20. The number of hydrazone groups is 1. The second-order valence-electron chi connectivity index (χ2n) is 6.20. The zero-order valence-electron chi connectivity index (χ0n) is 15.7. The Morgan fingerprint density at radius 2 is 1.62 bits per heavy atom. The Labute approximate surface area is 173 Å². The molecule has 0 bridgehead atoms. The smallest absolute Gasteiger partial charge is 0.204 e. The van der Waals surface area contributed by atoms with Gasteiger partial charge in [-0.25, -0.2) is 4.98 Å². The number of phenols is 1. The van der Waals surface area contributed by atoms with Gasteiger partial charge in [0.2, 0.25) is 5.13 Å². The molecule has 0 aliphatic rings. The van der Waals surface area contributed by atoms with Crippen LogP contribution in [0.4, 0.5) is 5.13 Å².